The Balaban J connectivity index is 3.51. The molecule has 0 amide bonds. The maximum Gasteiger partial charge on any atom is 0.305 e. The number of benzene rings is 1. The molecular formula is C32H60O6Si2. The number of aliphatic hydroxyl groups is 1. The third-order valence-electron chi connectivity index (χ3n) is 9.64. The SMILES string of the molecule is CC[Si](CC)(CC)O[C@H]([C@@H](C)[C@H](O[Si](CC)(CC)CC)C(C)(C)[C@@H](O)CC(=O)O)[C@@H](C)COCc1ccccc1. The van der Waals surface area contributed by atoms with E-state index in [1.54, 1.807) is 0 Å². The van der Waals surface area contributed by atoms with Crippen LogP contribution in [-0.2, 0) is 25.0 Å². The molecule has 232 valence electrons. The van der Waals surface area contributed by atoms with E-state index in [0.29, 0.717) is 13.2 Å². The van der Waals surface area contributed by atoms with E-state index in [9.17, 15) is 15.0 Å². The molecule has 0 heterocycles. The highest BCUT2D eigenvalue weighted by Gasteiger charge is 2.49. The van der Waals surface area contributed by atoms with Crippen LogP contribution >= 0.6 is 0 Å². The Morgan fingerprint density at radius 3 is 1.77 bits per heavy atom. The van der Waals surface area contributed by atoms with E-state index in [1.165, 1.54) is 0 Å². The molecule has 0 aliphatic rings. The van der Waals surface area contributed by atoms with Crippen LogP contribution in [0.2, 0.25) is 36.3 Å². The summed E-state index contributed by atoms with van der Waals surface area (Å²) in [6.45, 7) is 22.8. The zero-order valence-corrected chi connectivity index (χ0v) is 29.2. The standard InChI is InChI=1S/C32H60O6Si2/c1-11-39(12-2,13-3)37-30(25(7)23-36-24-27-20-18-17-19-21-27)26(8)31(38-40(14-4,15-5)16-6)32(9,10)28(33)22-29(34)35/h17-21,25-26,28,30-31,33H,11-16,22-24H2,1-10H3,(H,34,35)/t25-,26+,28-,30-,31-/m0/s1. The highest BCUT2D eigenvalue weighted by atomic mass is 28.4. The Hall–Kier alpha value is -1.04. The fourth-order valence-corrected chi connectivity index (χ4v) is 12.1. The van der Waals surface area contributed by atoms with Crippen molar-refractivity contribution >= 4 is 22.6 Å². The quantitative estimate of drug-likeness (QED) is 0.139. The minimum absolute atomic E-state index is 0.0678. The number of ether oxygens (including phenoxy) is 1. The first kappa shape index (κ1) is 37.0. The minimum atomic E-state index is -2.11. The second-order valence-electron chi connectivity index (χ2n) is 12.4. The largest absolute Gasteiger partial charge is 0.481 e. The third kappa shape index (κ3) is 10.1. The predicted octanol–water partition coefficient (Wildman–Crippen LogP) is 8.12. The Morgan fingerprint density at radius 2 is 1.32 bits per heavy atom. The maximum absolute atomic E-state index is 11.7. The minimum Gasteiger partial charge on any atom is -0.481 e. The van der Waals surface area contributed by atoms with Crippen LogP contribution in [0.1, 0.15) is 81.2 Å². The van der Waals surface area contributed by atoms with Crippen molar-refractivity contribution in [1.82, 2.24) is 0 Å². The number of carboxylic acids is 1. The molecule has 8 heteroatoms. The van der Waals surface area contributed by atoms with E-state index in [2.05, 4.69) is 67.5 Å². The zero-order valence-electron chi connectivity index (χ0n) is 27.2. The van der Waals surface area contributed by atoms with Crippen LogP contribution in [0.25, 0.3) is 0 Å². The van der Waals surface area contributed by atoms with Gasteiger partial charge in [0.2, 0.25) is 0 Å². The van der Waals surface area contributed by atoms with Crippen LogP contribution in [0.3, 0.4) is 0 Å². The molecule has 1 aromatic carbocycles. The molecule has 0 aliphatic carbocycles. The lowest BCUT2D eigenvalue weighted by atomic mass is 9.72. The van der Waals surface area contributed by atoms with Gasteiger partial charge in [0.25, 0.3) is 0 Å². The molecule has 0 fully saturated rings. The number of rotatable bonds is 21. The van der Waals surface area contributed by atoms with Crippen molar-refractivity contribution in [3.05, 3.63) is 35.9 Å². The first-order valence-corrected chi connectivity index (χ1v) is 20.7. The van der Waals surface area contributed by atoms with Crippen molar-refractivity contribution < 1.29 is 28.6 Å². The van der Waals surface area contributed by atoms with E-state index in [4.69, 9.17) is 13.6 Å². The molecule has 0 radical (unpaired) electrons. The Labute approximate surface area is 247 Å². The third-order valence-corrected chi connectivity index (χ3v) is 18.9. The van der Waals surface area contributed by atoms with Crippen molar-refractivity contribution in [3.8, 4) is 0 Å². The molecule has 0 aliphatic heterocycles. The number of hydrogen-bond donors (Lipinski definition) is 2. The van der Waals surface area contributed by atoms with E-state index in [0.717, 1.165) is 41.8 Å². The number of aliphatic carboxylic acids is 1. The van der Waals surface area contributed by atoms with Gasteiger partial charge in [-0.1, -0.05) is 99.6 Å². The summed E-state index contributed by atoms with van der Waals surface area (Å²) in [7, 11) is -4.11. The van der Waals surface area contributed by atoms with Crippen molar-refractivity contribution in [1.29, 1.82) is 0 Å². The van der Waals surface area contributed by atoms with Crippen LogP contribution in [0.4, 0.5) is 0 Å². The molecule has 1 aromatic rings. The first-order valence-electron chi connectivity index (χ1n) is 15.7. The normalized spacial score (nSPS) is 16.8. The first-order chi connectivity index (χ1) is 18.8. The molecule has 6 nitrogen and oxygen atoms in total. The van der Waals surface area contributed by atoms with Gasteiger partial charge in [-0.25, -0.2) is 0 Å². The van der Waals surface area contributed by atoms with Gasteiger partial charge in [0.15, 0.2) is 16.6 Å². The molecular weight excluding hydrogens is 537 g/mol. The number of carbonyl (C=O) groups is 1. The zero-order chi connectivity index (χ0) is 30.6. The van der Waals surface area contributed by atoms with Gasteiger partial charge in [-0.05, 0) is 41.8 Å². The number of aliphatic hydroxyl groups excluding tert-OH is 1. The second-order valence-corrected chi connectivity index (χ2v) is 21.8. The van der Waals surface area contributed by atoms with E-state index < -0.39 is 34.1 Å². The van der Waals surface area contributed by atoms with Gasteiger partial charge in [-0.15, -0.1) is 0 Å². The number of carboxylic acid groups (broad SMARTS) is 1. The fraction of sp³-hybridized carbons (Fsp3) is 0.781. The number of hydrogen-bond acceptors (Lipinski definition) is 5. The van der Waals surface area contributed by atoms with Crippen LogP contribution in [0.5, 0.6) is 0 Å². The Bertz CT molecular complexity index is 825. The summed E-state index contributed by atoms with van der Waals surface area (Å²) >= 11 is 0. The molecule has 1 rings (SSSR count). The lowest BCUT2D eigenvalue weighted by molar-refractivity contribution is -0.145. The fourth-order valence-electron chi connectivity index (χ4n) is 6.06. The second kappa shape index (κ2) is 17.2. The average molecular weight is 597 g/mol. The van der Waals surface area contributed by atoms with Crippen molar-refractivity contribution in [3.63, 3.8) is 0 Å². The van der Waals surface area contributed by atoms with E-state index >= 15 is 0 Å². The van der Waals surface area contributed by atoms with E-state index in [-0.39, 0.29) is 30.5 Å². The van der Waals surface area contributed by atoms with Crippen LogP contribution in [0, 0.1) is 17.3 Å². The molecule has 5 atom stereocenters. The van der Waals surface area contributed by atoms with Gasteiger partial charge >= 0.3 is 5.97 Å². The van der Waals surface area contributed by atoms with Crippen LogP contribution in [-0.4, -0.2) is 57.7 Å². The molecule has 0 unspecified atom stereocenters. The average Bonchev–Trinajstić information content (AvgIpc) is 2.95. The summed E-state index contributed by atoms with van der Waals surface area (Å²) in [5.41, 5.74) is 0.361. The summed E-state index contributed by atoms with van der Waals surface area (Å²) < 4.78 is 20.7. The van der Waals surface area contributed by atoms with Gasteiger partial charge in [0.05, 0.1) is 37.9 Å². The Kier molecular flexibility index (Phi) is 15.9. The van der Waals surface area contributed by atoms with Crippen LogP contribution in [0.15, 0.2) is 30.3 Å². The van der Waals surface area contributed by atoms with Gasteiger partial charge in [-0.2, -0.15) is 0 Å². The van der Waals surface area contributed by atoms with Crippen molar-refractivity contribution in [2.24, 2.45) is 17.3 Å². The maximum atomic E-state index is 11.7. The lowest BCUT2D eigenvalue weighted by Crippen LogP contribution is -2.57. The highest BCUT2D eigenvalue weighted by Crippen LogP contribution is 2.42. The summed E-state index contributed by atoms with van der Waals surface area (Å²) in [6.07, 6.45) is -1.84. The van der Waals surface area contributed by atoms with Gasteiger partial charge in [-0.3, -0.25) is 4.79 Å². The molecule has 40 heavy (non-hydrogen) atoms. The predicted molar refractivity (Wildman–Crippen MR) is 171 cm³/mol. The molecule has 0 bridgehead atoms. The summed E-state index contributed by atoms with van der Waals surface area (Å²) in [5.74, 6) is -0.974. The lowest BCUT2D eigenvalue weighted by Gasteiger charge is -2.49. The molecule has 0 saturated heterocycles. The molecule has 0 spiro atoms. The molecule has 0 saturated carbocycles. The highest BCUT2D eigenvalue weighted by molar-refractivity contribution is 6.74. The van der Waals surface area contributed by atoms with Gasteiger partial charge < -0.3 is 23.8 Å². The summed E-state index contributed by atoms with van der Waals surface area (Å²) in [4.78, 5) is 11.7. The van der Waals surface area contributed by atoms with Crippen molar-refractivity contribution in [2.45, 2.75) is 137 Å². The van der Waals surface area contributed by atoms with Gasteiger partial charge in [0, 0.05) is 17.3 Å². The van der Waals surface area contributed by atoms with E-state index in [1.807, 2.05) is 32.0 Å². The van der Waals surface area contributed by atoms with Gasteiger partial charge in [0.1, 0.15) is 0 Å². The Morgan fingerprint density at radius 1 is 0.850 bits per heavy atom. The van der Waals surface area contributed by atoms with Crippen molar-refractivity contribution in [2.75, 3.05) is 6.61 Å². The smallest absolute Gasteiger partial charge is 0.305 e. The van der Waals surface area contributed by atoms with Crippen LogP contribution < -0.4 is 0 Å². The monoisotopic (exact) mass is 596 g/mol. The molecule has 2 N–H and O–H groups in total. The summed E-state index contributed by atoms with van der Waals surface area (Å²) in [6, 6.07) is 16.3. The topological polar surface area (TPSA) is 85.2 Å². The molecule has 0 aromatic heterocycles. The summed E-state index contributed by atoms with van der Waals surface area (Å²) in [5, 5.41) is 20.8.